The fourth-order valence-electron chi connectivity index (χ4n) is 1.52. The summed E-state index contributed by atoms with van der Waals surface area (Å²) in [5.74, 6) is 0. The first-order valence-electron chi connectivity index (χ1n) is 3.12. The van der Waals surface area contributed by atoms with Crippen molar-refractivity contribution in [3.63, 3.8) is 0 Å². The van der Waals surface area contributed by atoms with Crippen molar-refractivity contribution < 1.29 is 12.6 Å². The lowest BCUT2D eigenvalue weighted by atomic mass is 10.3. The molecule has 0 N–H and O–H groups in total. The summed E-state index contributed by atoms with van der Waals surface area (Å²) in [7, 11) is -3.06. The van der Waals surface area contributed by atoms with Gasteiger partial charge in [-0.2, -0.15) is 8.42 Å². The number of fused-ring (bicyclic) bond motifs is 1. The summed E-state index contributed by atoms with van der Waals surface area (Å²) in [4.78, 5) is 0. The third kappa shape index (κ3) is 0.632. The van der Waals surface area contributed by atoms with Crippen LogP contribution >= 0.6 is 0 Å². The molecule has 0 amide bonds. The molecule has 0 bridgehead atoms. The Balaban J connectivity index is 2.27. The summed E-state index contributed by atoms with van der Waals surface area (Å²) in [5, 5.41) is -0.141. The van der Waals surface area contributed by atoms with E-state index in [0.29, 0.717) is 0 Å². The maximum Gasteiger partial charge on any atom is 0.273 e. The van der Waals surface area contributed by atoms with Crippen LogP contribution in [0.3, 0.4) is 0 Å². The van der Waals surface area contributed by atoms with Gasteiger partial charge < -0.3 is 0 Å². The van der Waals surface area contributed by atoms with Gasteiger partial charge in [0.1, 0.15) is 5.25 Å². The second-order valence-corrected chi connectivity index (χ2v) is 4.38. The third-order valence-electron chi connectivity index (χ3n) is 2.02. The maximum atomic E-state index is 10.7. The molecular formula is C5H8O3S. The van der Waals surface area contributed by atoms with Gasteiger partial charge in [0, 0.05) is 0 Å². The van der Waals surface area contributed by atoms with Crippen LogP contribution in [0.4, 0.5) is 0 Å². The fraction of sp³-hybridized carbons (Fsp3) is 1.00. The zero-order valence-corrected chi connectivity index (χ0v) is 5.73. The van der Waals surface area contributed by atoms with Crippen LogP contribution in [0.1, 0.15) is 19.3 Å². The summed E-state index contributed by atoms with van der Waals surface area (Å²) >= 11 is 0. The van der Waals surface area contributed by atoms with Crippen molar-refractivity contribution in [1.82, 2.24) is 0 Å². The molecule has 1 aliphatic heterocycles. The van der Waals surface area contributed by atoms with Gasteiger partial charge in [-0.05, 0) is 19.3 Å². The standard InChI is InChI=1S/C5H8O3S/c6-9(7)5-3-1-2-4(5)8-9/h4-5H,1-3H2. The van der Waals surface area contributed by atoms with E-state index >= 15 is 0 Å². The Bertz CT molecular complexity index is 218. The van der Waals surface area contributed by atoms with E-state index in [1.165, 1.54) is 0 Å². The third-order valence-corrected chi connectivity index (χ3v) is 3.82. The first-order chi connectivity index (χ1) is 4.20. The van der Waals surface area contributed by atoms with Crippen LogP contribution < -0.4 is 0 Å². The van der Waals surface area contributed by atoms with Crippen molar-refractivity contribution in [2.24, 2.45) is 0 Å². The van der Waals surface area contributed by atoms with Gasteiger partial charge in [-0.15, -0.1) is 0 Å². The van der Waals surface area contributed by atoms with Gasteiger partial charge in [0.05, 0.1) is 6.10 Å². The lowest BCUT2D eigenvalue weighted by molar-refractivity contribution is 0.159. The molecule has 0 aromatic heterocycles. The lowest BCUT2D eigenvalue weighted by Gasteiger charge is -2.29. The second-order valence-electron chi connectivity index (χ2n) is 2.60. The lowest BCUT2D eigenvalue weighted by Crippen LogP contribution is -2.45. The Hall–Kier alpha value is -0.0900. The molecule has 0 spiro atoms. The normalized spacial score (nSPS) is 45.8. The molecule has 1 saturated carbocycles. The Kier molecular flexibility index (Phi) is 0.941. The van der Waals surface area contributed by atoms with Gasteiger partial charge in [0.15, 0.2) is 0 Å². The van der Waals surface area contributed by atoms with E-state index in [2.05, 4.69) is 4.18 Å². The molecule has 2 unspecified atom stereocenters. The minimum Gasteiger partial charge on any atom is -0.265 e. The fourth-order valence-corrected chi connectivity index (χ4v) is 3.08. The monoisotopic (exact) mass is 148 g/mol. The minimum absolute atomic E-state index is 0.0509. The highest BCUT2D eigenvalue weighted by Gasteiger charge is 2.50. The highest BCUT2D eigenvalue weighted by Crippen LogP contribution is 2.38. The van der Waals surface area contributed by atoms with E-state index in [1.807, 2.05) is 0 Å². The molecule has 2 aliphatic rings. The van der Waals surface area contributed by atoms with Crippen LogP contribution in [0.2, 0.25) is 0 Å². The van der Waals surface area contributed by atoms with Crippen molar-refractivity contribution in [1.29, 1.82) is 0 Å². The van der Waals surface area contributed by atoms with E-state index in [1.54, 1.807) is 0 Å². The van der Waals surface area contributed by atoms with Crippen molar-refractivity contribution in [3.8, 4) is 0 Å². The summed E-state index contributed by atoms with van der Waals surface area (Å²) in [6, 6.07) is 0. The van der Waals surface area contributed by atoms with Crippen LogP contribution in [0.25, 0.3) is 0 Å². The van der Waals surface area contributed by atoms with Gasteiger partial charge in [-0.25, -0.2) is 0 Å². The molecule has 0 aromatic rings. The van der Waals surface area contributed by atoms with Crippen molar-refractivity contribution in [2.45, 2.75) is 30.6 Å². The molecule has 1 heterocycles. The van der Waals surface area contributed by atoms with E-state index in [0.717, 1.165) is 19.3 Å². The second kappa shape index (κ2) is 1.49. The van der Waals surface area contributed by atoms with Crippen molar-refractivity contribution in [2.75, 3.05) is 0 Å². The first-order valence-corrected chi connectivity index (χ1v) is 4.59. The molecular weight excluding hydrogens is 140 g/mol. The summed E-state index contributed by atoms with van der Waals surface area (Å²) in [6.45, 7) is 0. The summed E-state index contributed by atoms with van der Waals surface area (Å²) < 4.78 is 26.0. The number of hydrogen-bond donors (Lipinski definition) is 0. The van der Waals surface area contributed by atoms with Gasteiger partial charge in [-0.3, -0.25) is 4.18 Å². The van der Waals surface area contributed by atoms with Gasteiger partial charge in [-0.1, -0.05) is 0 Å². The van der Waals surface area contributed by atoms with E-state index in [-0.39, 0.29) is 11.4 Å². The van der Waals surface area contributed by atoms with Crippen LogP contribution in [-0.4, -0.2) is 19.8 Å². The minimum atomic E-state index is -3.06. The van der Waals surface area contributed by atoms with E-state index in [4.69, 9.17) is 0 Å². The number of rotatable bonds is 0. The maximum absolute atomic E-state index is 10.7. The molecule has 0 aromatic carbocycles. The van der Waals surface area contributed by atoms with Crippen molar-refractivity contribution in [3.05, 3.63) is 0 Å². The predicted octanol–water partition coefficient (Wildman–Crippen LogP) is 0.268. The van der Waals surface area contributed by atoms with Crippen LogP contribution in [-0.2, 0) is 14.3 Å². The molecule has 2 rings (SSSR count). The highest BCUT2D eigenvalue weighted by atomic mass is 32.2. The van der Waals surface area contributed by atoms with Crippen molar-refractivity contribution >= 4 is 10.1 Å². The quantitative estimate of drug-likeness (QED) is 0.463. The Labute approximate surface area is 54.1 Å². The molecule has 3 nitrogen and oxygen atoms in total. The molecule has 4 heteroatoms. The topological polar surface area (TPSA) is 43.4 Å². The van der Waals surface area contributed by atoms with Crippen LogP contribution in [0, 0.1) is 0 Å². The molecule has 1 saturated heterocycles. The largest absolute Gasteiger partial charge is 0.273 e. The average Bonchev–Trinajstić information content (AvgIpc) is 2.10. The van der Waals surface area contributed by atoms with Crippen LogP contribution in [0.15, 0.2) is 0 Å². The Morgan fingerprint density at radius 3 is 2.56 bits per heavy atom. The number of hydrogen-bond acceptors (Lipinski definition) is 3. The van der Waals surface area contributed by atoms with E-state index in [9.17, 15) is 8.42 Å². The highest BCUT2D eigenvalue weighted by molar-refractivity contribution is 7.88. The van der Waals surface area contributed by atoms with Gasteiger partial charge >= 0.3 is 0 Å². The Morgan fingerprint density at radius 1 is 1.33 bits per heavy atom. The molecule has 2 fully saturated rings. The SMILES string of the molecule is O=S1(=O)OC2CCCC21. The Morgan fingerprint density at radius 2 is 2.11 bits per heavy atom. The van der Waals surface area contributed by atoms with Crippen LogP contribution in [0.5, 0.6) is 0 Å². The molecule has 2 atom stereocenters. The van der Waals surface area contributed by atoms with Gasteiger partial charge in [0.25, 0.3) is 10.1 Å². The molecule has 9 heavy (non-hydrogen) atoms. The zero-order valence-electron chi connectivity index (χ0n) is 4.91. The van der Waals surface area contributed by atoms with Gasteiger partial charge in [0.2, 0.25) is 0 Å². The average molecular weight is 148 g/mol. The molecule has 0 radical (unpaired) electrons. The molecule has 52 valence electrons. The summed E-state index contributed by atoms with van der Waals surface area (Å²) in [6.07, 6.45) is 2.81. The predicted molar refractivity (Wildman–Crippen MR) is 31.4 cm³/mol. The molecule has 1 aliphatic carbocycles. The first kappa shape index (κ1) is 5.68. The zero-order chi connectivity index (χ0) is 6.48. The smallest absolute Gasteiger partial charge is 0.265 e. The summed E-state index contributed by atoms with van der Waals surface area (Å²) in [5.41, 5.74) is 0. The van der Waals surface area contributed by atoms with E-state index < -0.39 is 10.1 Å².